The maximum atomic E-state index is 12.7. The fourth-order valence-corrected chi connectivity index (χ4v) is 2.21. The van der Waals surface area contributed by atoms with E-state index >= 15 is 0 Å². The lowest BCUT2D eigenvalue weighted by molar-refractivity contribution is 0.483. The Morgan fingerprint density at radius 3 is 2.46 bits per heavy atom. The highest BCUT2D eigenvalue weighted by molar-refractivity contribution is 9.10. The van der Waals surface area contributed by atoms with Gasteiger partial charge in [0.2, 0.25) is 0 Å². The summed E-state index contributed by atoms with van der Waals surface area (Å²) in [5.41, 5.74) is 0. The quantitative estimate of drug-likeness (QED) is 0.638. The summed E-state index contributed by atoms with van der Waals surface area (Å²) in [7, 11) is -4.40. The van der Waals surface area contributed by atoms with Gasteiger partial charge in [0.05, 0.1) is 9.50 Å². The third-order valence-electron chi connectivity index (χ3n) is 1.25. The number of halogens is 3. The van der Waals surface area contributed by atoms with Crippen LogP contribution in [0.2, 0.25) is 5.02 Å². The van der Waals surface area contributed by atoms with Gasteiger partial charge in [-0.05, 0) is 28.1 Å². The van der Waals surface area contributed by atoms with E-state index in [4.69, 9.17) is 16.2 Å². The molecule has 0 aromatic heterocycles. The fraction of sp³-hybridized carbons (Fsp3) is 0. The first-order valence-electron chi connectivity index (χ1n) is 2.94. The largest absolute Gasteiger partial charge is 0.296 e. The second-order valence-electron chi connectivity index (χ2n) is 2.17. The van der Waals surface area contributed by atoms with Crippen molar-refractivity contribution in [3.05, 3.63) is 27.4 Å². The van der Waals surface area contributed by atoms with Gasteiger partial charge in [-0.15, -0.1) is 0 Å². The van der Waals surface area contributed by atoms with Crippen LogP contribution < -0.4 is 0 Å². The normalized spacial score (nSPS) is 11.7. The molecule has 1 N–H and O–H groups in total. The van der Waals surface area contributed by atoms with Crippen molar-refractivity contribution in [2.75, 3.05) is 0 Å². The molecule has 1 aromatic carbocycles. The molecule has 72 valence electrons. The van der Waals surface area contributed by atoms with Crippen molar-refractivity contribution in [1.29, 1.82) is 0 Å². The van der Waals surface area contributed by atoms with Crippen molar-refractivity contribution >= 4 is 37.6 Å². The smallest absolute Gasteiger partial charge is 0.282 e. The minimum absolute atomic E-state index is 0.0791. The third kappa shape index (κ3) is 2.40. The minimum Gasteiger partial charge on any atom is -0.282 e. The van der Waals surface area contributed by atoms with E-state index in [-0.39, 0.29) is 9.50 Å². The van der Waals surface area contributed by atoms with Crippen LogP contribution >= 0.6 is 27.5 Å². The topological polar surface area (TPSA) is 54.4 Å². The lowest BCUT2D eigenvalue weighted by Gasteiger charge is -2.01. The second-order valence-corrected chi connectivity index (χ2v) is 4.82. The summed E-state index contributed by atoms with van der Waals surface area (Å²) >= 11 is 8.15. The molecule has 0 spiro atoms. The summed E-state index contributed by atoms with van der Waals surface area (Å²) in [6.07, 6.45) is 0. The fourth-order valence-electron chi connectivity index (χ4n) is 0.702. The molecule has 0 fully saturated rings. The average molecular weight is 290 g/mol. The van der Waals surface area contributed by atoms with E-state index in [9.17, 15) is 12.8 Å². The monoisotopic (exact) mass is 288 g/mol. The molecule has 0 atom stereocenters. The lowest BCUT2D eigenvalue weighted by atomic mass is 10.3. The van der Waals surface area contributed by atoms with Crippen molar-refractivity contribution < 1.29 is 17.4 Å². The van der Waals surface area contributed by atoms with Gasteiger partial charge in [0.15, 0.2) is 0 Å². The van der Waals surface area contributed by atoms with Gasteiger partial charge in [0.1, 0.15) is 10.7 Å². The van der Waals surface area contributed by atoms with Crippen molar-refractivity contribution in [2.45, 2.75) is 4.90 Å². The Hall–Kier alpha value is -0.170. The Morgan fingerprint density at radius 2 is 2.00 bits per heavy atom. The Balaban J connectivity index is 3.50. The molecule has 13 heavy (non-hydrogen) atoms. The van der Waals surface area contributed by atoms with Gasteiger partial charge in [-0.25, -0.2) is 4.39 Å². The van der Waals surface area contributed by atoms with Crippen LogP contribution in [-0.2, 0) is 10.1 Å². The summed E-state index contributed by atoms with van der Waals surface area (Å²) in [5.74, 6) is -0.697. The standard InChI is InChI=1S/C6H3BrClFO3S/c7-3-1-6(13(10,11)12)4(8)2-5(3)9/h1-2H,(H,10,11,12). The molecule has 0 bridgehead atoms. The molecule has 0 aliphatic rings. The molecule has 0 aliphatic heterocycles. The molecule has 3 nitrogen and oxygen atoms in total. The van der Waals surface area contributed by atoms with E-state index in [1.54, 1.807) is 0 Å². The van der Waals surface area contributed by atoms with E-state index < -0.39 is 20.8 Å². The molecule has 0 radical (unpaired) electrons. The molecule has 0 amide bonds. The summed E-state index contributed by atoms with van der Waals surface area (Å²) in [4.78, 5) is -0.526. The zero-order valence-corrected chi connectivity index (χ0v) is 9.12. The van der Waals surface area contributed by atoms with Crippen LogP contribution in [0.25, 0.3) is 0 Å². The van der Waals surface area contributed by atoms with E-state index in [0.29, 0.717) is 0 Å². The van der Waals surface area contributed by atoms with Gasteiger partial charge in [-0.1, -0.05) is 11.6 Å². The first-order valence-corrected chi connectivity index (χ1v) is 5.55. The van der Waals surface area contributed by atoms with Gasteiger partial charge in [-0.2, -0.15) is 8.42 Å². The second kappa shape index (κ2) is 3.53. The van der Waals surface area contributed by atoms with Gasteiger partial charge >= 0.3 is 0 Å². The molecule has 1 aromatic rings. The van der Waals surface area contributed by atoms with E-state index in [2.05, 4.69) is 15.9 Å². The predicted octanol–water partition coefficient (Wildman–Crippen LogP) is 2.49. The average Bonchev–Trinajstić information content (AvgIpc) is 1.94. The maximum Gasteiger partial charge on any atom is 0.296 e. The number of rotatable bonds is 1. The summed E-state index contributed by atoms with van der Waals surface area (Å²) < 4.78 is 42.6. The summed E-state index contributed by atoms with van der Waals surface area (Å²) in [6, 6.07) is 1.70. The minimum atomic E-state index is -4.40. The molecule has 0 aliphatic carbocycles. The first kappa shape index (κ1) is 10.9. The van der Waals surface area contributed by atoms with Crippen LogP contribution in [0.4, 0.5) is 4.39 Å². The van der Waals surface area contributed by atoms with Crippen molar-refractivity contribution in [3.8, 4) is 0 Å². The van der Waals surface area contributed by atoms with Crippen LogP contribution in [0.15, 0.2) is 21.5 Å². The van der Waals surface area contributed by atoms with Crippen LogP contribution in [0, 0.1) is 5.82 Å². The Morgan fingerprint density at radius 1 is 1.46 bits per heavy atom. The molecule has 0 unspecified atom stereocenters. The highest BCUT2D eigenvalue weighted by Crippen LogP contribution is 2.27. The zero-order valence-electron chi connectivity index (χ0n) is 5.96. The van der Waals surface area contributed by atoms with Crippen LogP contribution in [0.1, 0.15) is 0 Å². The maximum absolute atomic E-state index is 12.7. The van der Waals surface area contributed by atoms with Gasteiger partial charge in [-0.3, -0.25) is 4.55 Å². The Labute approximate surface area is 87.4 Å². The molecule has 0 heterocycles. The third-order valence-corrected chi connectivity index (χ3v) is 3.18. The van der Waals surface area contributed by atoms with Crippen LogP contribution in [0.3, 0.4) is 0 Å². The van der Waals surface area contributed by atoms with E-state index in [1.807, 2.05) is 0 Å². The SMILES string of the molecule is O=S(=O)(O)c1cc(Br)c(F)cc1Cl. The van der Waals surface area contributed by atoms with Gasteiger partial charge in [0.25, 0.3) is 10.1 Å². The van der Waals surface area contributed by atoms with Crippen molar-refractivity contribution in [1.82, 2.24) is 0 Å². The van der Waals surface area contributed by atoms with Crippen LogP contribution in [0.5, 0.6) is 0 Å². The highest BCUT2D eigenvalue weighted by Gasteiger charge is 2.16. The predicted molar refractivity (Wildman–Crippen MR) is 48.9 cm³/mol. The number of hydrogen-bond donors (Lipinski definition) is 1. The Kier molecular flexibility index (Phi) is 2.96. The Bertz CT molecular complexity index is 445. The highest BCUT2D eigenvalue weighted by atomic mass is 79.9. The van der Waals surface area contributed by atoms with Crippen molar-refractivity contribution in [2.24, 2.45) is 0 Å². The first-order chi connectivity index (χ1) is 5.82. The molecule has 0 saturated heterocycles. The molecular formula is C6H3BrClFO3S. The lowest BCUT2D eigenvalue weighted by Crippen LogP contribution is -1.99. The molecular weight excluding hydrogens is 286 g/mol. The van der Waals surface area contributed by atoms with Gasteiger partial charge < -0.3 is 0 Å². The summed E-state index contributed by atoms with van der Waals surface area (Å²) in [5, 5.41) is -0.358. The molecule has 7 heteroatoms. The number of benzene rings is 1. The summed E-state index contributed by atoms with van der Waals surface area (Å²) in [6.45, 7) is 0. The van der Waals surface area contributed by atoms with Gasteiger partial charge in [0, 0.05) is 0 Å². The van der Waals surface area contributed by atoms with E-state index in [1.165, 1.54) is 0 Å². The number of hydrogen-bond acceptors (Lipinski definition) is 2. The van der Waals surface area contributed by atoms with Crippen LogP contribution in [-0.4, -0.2) is 13.0 Å². The van der Waals surface area contributed by atoms with Crippen molar-refractivity contribution in [3.63, 3.8) is 0 Å². The van der Waals surface area contributed by atoms with E-state index in [0.717, 1.165) is 12.1 Å². The molecule has 1 rings (SSSR count). The molecule has 0 saturated carbocycles. The zero-order chi connectivity index (χ0) is 10.2.